The molecule has 2 fully saturated rings. The highest BCUT2D eigenvalue weighted by molar-refractivity contribution is 7.91. The molecule has 4 amide bonds. The maximum atomic E-state index is 14.5. The number of sulfonamides is 1. The van der Waals surface area contributed by atoms with Crippen molar-refractivity contribution in [3.63, 3.8) is 0 Å². The van der Waals surface area contributed by atoms with Gasteiger partial charge in [-0.25, -0.2) is 27.9 Å². The third kappa shape index (κ3) is 12.0. The van der Waals surface area contributed by atoms with Gasteiger partial charge in [0.05, 0.1) is 36.5 Å². The summed E-state index contributed by atoms with van der Waals surface area (Å²) in [7, 11) is -1.61. The highest BCUT2D eigenvalue weighted by Gasteiger charge is 2.52. The number of alkyl halides is 6. The second kappa shape index (κ2) is 19.9. The molecule has 0 bridgehead atoms. The number of fused-ring (bicyclic) bond motifs is 1. The number of likely N-dealkylation sites (tertiary alicyclic amines) is 1. The number of halogens is 6. The van der Waals surface area contributed by atoms with E-state index in [9.17, 15) is 53.9 Å². The number of benzene rings is 1. The van der Waals surface area contributed by atoms with Gasteiger partial charge in [0.25, 0.3) is 5.91 Å². The lowest BCUT2D eigenvalue weighted by molar-refractivity contribution is -0.244. The maximum absolute atomic E-state index is 14.5. The molecule has 2 heterocycles. The molecule has 0 spiro atoms. The van der Waals surface area contributed by atoms with E-state index in [4.69, 9.17) is 24.7 Å². The Morgan fingerprint density at radius 3 is 2.21 bits per heavy atom. The number of carbonyl (C=O) groups excluding carboxylic acids is 4. The zero-order valence-electron chi connectivity index (χ0n) is 37.7. The molecule has 0 radical (unpaired) electrons. The molecule has 2 aliphatic carbocycles. The van der Waals surface area contributed by atoms with Crippen LogP contribution in [-0.2, 0) is 35.3 Å². The van der Waals surface area contributed by atoms with E-state index in [-0.39, 0.29) is 47.8 Å². The number of primary amides is 1. The minimum Gasteiger partial charge on any atom is -0.493 e. The van der Waals surface area contributed by atoms with Gasteiger partial charge in [0.1, 0.15) is 18.2 Å². The summed E-state index contributed by atoms with van der Waals surface area (Å²) in [4.78, 5) is 62.1. The molecule has 4 N–H and O–H groups in total. The van der Waals surface area contributed by atoms with Crippen LogP contribution in [0.3, 0.4) is 0 Å². The second-order valence-corrected chi connectivity index (χ2v) is 20.1. The number of carbonyl (C=O) groups is 4. The Morgan fingerprint density at radius 1 is 0.985 bits per heavy atom. The third-order valence-corrected chi connectivity index (χ3v) is 14.4. The van der Waals surface area contributed by atoms with Crippen LogP contribution in [0.2, 0.25) is 0 Å². The average Bonchev–Trinajstić information content (AvgIpc) is 3.85. The van der Waals surface area contributed by atoms with Crippen molar-refractivity contribution in [2.24, 2.45) is 17.6 Å². The molecule has 0 unspecified atom stereocenters. The third-order valence-electron chi connectivity index (χ3n) is 12.2. The van der Waals surface area contributed by atoms with Crippen LogP contribution in [0, 0.1) is 11.8 Å². The number of allylic oxidation sites excluding steroid dienone is 3. The topological polar surface area (TPSA) is 218 Å². The van der Waals surface area contributed by atoms with E-state index < -0.39 is 92.2 Å². The van der Waals surface area contributed by atoms with Crippen molar-refractivity contribution in [2.45, 2.75) is 140 Å². The number of ether oxygens (including phenoxy) is 4. The Hall–Kier alpha value is -5.35. The molecule has 1 saturated heterocycles. The summed E-state index contributed by atoms with van der Waals surface area (Å²) < 4.78 is 130. The van der Waals surface area contributed by atoms with E-state index >= 15 is 0 Å². The molecular formula is C43H56F6N6O10S. The number of alkyl carbamates (subject to hydrolysis) is 1. The SMILES string of the molecule is COc1cc2nc(C(F)(F)F)c(OC)nc2cc1O[C@@H]1C[C@@H](C(N)=O)N(C(=O)[C@@H](NC(=O)OC(C)(C)C(F)(F)F)[C@H](C)C[C@@H](C)CC/C=C\C2=C(C(=O)NS(=O)(=O)C3(C)CC3)CCCC2)C1. The fraction of sp³-hybridized carbons (Fsp3) is 0.628. The van der Waals surface area contributed by atoms with Gasteiger partial charge in [-0.05, 0) is 96.0 Å². The number of hydrogen-bond donors (Lipinski definition) is 3. The molecule has 5 atom stereocenters. The zero-order valence-corrected chi connectivity index (χ0v) is 38.5. The lowest BCUT2D eigenvalue weighted by Gasteiger charge is -2.33. The van der Waals surface area contributed by atoms with Gasteiger partial charge in [-0.2, -0.15) is 26.3 Å². The van der Waals surface area contributed by atoms with Gasteiger partial charge in [-0.15, -0.1) is 0 Å². The molecule has 3 aliphatic rings. The van der Waals surface area contributed by atoms with Gasteiger partial charge in [0.15, 0.2) is 11.5 Å². The van der Waals surface area contributed by atoms with Crippen molar-refractivity contribution in [2.75, 3.05) is 20.8 Å². The van der Waals surface area contributed by atoms with Crippen LogP contribution < -0.4 is 30.0 Å². The van der Waals surface area contributed by atoms with Crippen molar-refractivity contribution < 1.29 is 72.9 Å². The van der Waals surface area contributed by atoms with Gasteiger partial charge in [0.2, 0.25) is 39.0 Å². The van der Waals surface area contributed by atoms with Gasteiger partial charge < -0.3 is 34.9 Å². The van der Waals surface area contributed by atoms with E-state index in [0.717, 1.165) is 36.5 Å². The van der Waals surface area contributed by atoms with Crippen molar-refractivity contribution >= 4 is 44.9 Å². The van der Waals surface area contributed by atoms with E-state index in [1.165, 1.54) is 13.2 Å². The molecule has 366 valence electrons. The van der Waals surface area contributed by atoms with Crippen LogP contribution in [0.5, 0.6) is 17.4 Å². The van der Waals surface area contributed by atoms with Gasteiger partial charge in [0, 0.05) is 24.1 Å². The fourth-order valence-corrected chi connectivity index (χ4v) is 9.15. The maximum Gasteiger partial charge on any atom is 0.438 e. The summed E-state index contributed by atoms with van der Waals surface area (Å²) in [6.45, 7) is 6.01. The quantitative estimate of drug-likeness (QED) is 0.131. The zero-order chi connectivity index (χ0) is 49.2. The molecule has 5 rings (SSSR count). The molecular weight excluding hydrogens is 907 g/mol. The summed E-state index contributed by atoms with van der Waals surface area (Å²) in [5.41, 5.74) is 2.27. The minimum absolute atomic E-state index is 0.0531. The first-order valence-electron chi connectivity index (χ1n) is 21.4. The smallest absolute Gasteiger partial charge is 0.438 e. The van der Waals surface area contributed by atoms with E-state index in [2.05, 4.69) is 20.0 Å². The summed E-state index contributed by atoms with van der Waals surface area (Å²) >= 11 is 0. The fourth-order valence-electron chi connectivity index (χ4n) is 7.89. The number of amides is 4. The van der Waals surface area contributed by atoms with Crippen molar-refractivity contribution in [1.82, 2.24) is 24.9 Å². The molecule has 66 heavy (non-hydrogen) atoms. The molecule has 1 saturated carbocycles. The number of hydrogen-bond acceptors (Lipinski definition) is 12. The Bertz CT molecular complexity index is 2350. The number of nitrogens with one attached hydrogen (secondary N) is 2. The predicted molar refractivity (Wildman–Crippen MR) is 226 cm³/mol. The van der Waals surface area contributed by atoms with Crippen LogP contribution in [0.1, 0.15) is 105 Å². The van der Waals surface area contributed by atoms with Crippen LogP contribution >= 0.6 is 0 Å². The lowest BCUT2D eigenvalue weighted by atomic mass is 9.87. The monoisotopic (exact) mass is 962 g/mol. The average molecular weight is 963 g/mol. The van der Waals surface area contributed by atoms with Crippen molar-refractivity contribution in [1.29, 1.82) is 0 Å². The summed E-state index contributed by atoms with van der Waals surface area (Å²) in [5.74, 6) is -4.33. The Labute approximate surface area is 378 Å². The Morgan fingerprint density at radius 2 is 1.62 bits per heavy atom. The molecule has 1 aliphatic heterocycles. The summed E-state index contributed by atoms with van der Waals surface area (Å²) in [6.07, 6.45) is -4.18. The molecule has 23 heteroatoms. The second-order valence-electron chi connectivity index (χ2n) is 17.9. The van der Waals surface area contributed by atoms with Crippen LogP contribution in [0.4, 0.5) is 31.1 Å². The number of methoxy groups -OCH3 is 2. The standard InChI is InChI=1S/C43H56F6N6O10S/c1-23(12-8-9-13-25-14-10-11-15-27(25)36(57)54-66(60,61)41(5)16-17-41)18-24(2)33(53-39(59)65-40(3,4)43(47,48)49)38(58)55-22-26(19-30(55)35(50)56)64-32-21-29-28(20-31(32)62-6)51-34(42(44,45)46)37(52-29)63-7/h9,13,20-21,23-24,26,30,33H,8,10-12,14-19,22H2,1-7H3,(H2,50,56)(H,53,59)(H,54,57)/b13-9-/t23-,24+,26+,30-,33-/m0/s1. The predicted octanol–water partition coefficient (Wildman–Crippen LogP) is 6.80. The highest BCUT2D eigenvalue weighted by Crippen LogP contribution is 2.43. The molecule has 16 nitrogen and oxygen atoms in total. The summed E-state index contributed by atoms with van der Waals surface area (Å²) in [6, 6.07) is -0.484. The first-order chi connectivity index (χ1) is 30.6. The molecule has 1 aromatic heterocycles. The largest absolute Gasteiger partial charge is 0.493 e. The van der Waals surface area contributed by atoms with E-state index in [1.807, 2.05) is 13.0 Å². The first-order valence-corrected chi connectivity index (χ1v) is 22.9. The normalized spacial score (nSPS) is 20.4. The number of aromatic nitrogens is 2. The van der Waals surface area contributed by atoms with Crippen LogP contribution in [0.15, 0.2) is 35.4 Å². The first kappa shape index (κ1) is 51.6. The summed E-state index contributed by atoms with van der Waals surface area (Å²) in [5, 5.41) is 2.30. The molecule has 2 aromatic rings. The highest BCUT2D eigenvalue weighted by atomic mass is 32.2. The number of nitrogens with two attached hydrogens (primary N) is 1. The number of rotatable bonds is 18. The minimum atomic E-state index is -4.97. The van der Waals surface area contributed by atoms with Gasteiger partial charge >= 0.3 is 18.4 Å². The van der Waals surface area contributed by atoms with Crippen LogP contribution in [0.25, 0.3) is 11.0 Å². The Kier molecular flexibility index (Phi) is 15.5. The van der Waals surface area contributed by atoms with Gasteiger partial charge in [-0.3, -0.25) is 14.4 Å². The van der Waals surface area contributed by atoms with Gasteiger partial charge in [-0.1, -0.05) is 26.0 Å². The lowest BCUT2D eigenvalue weighted by Crippen LogP contribution is -2.56. The molecule has 1 aromatic carbocycles. The van der Waals surface area contributed by atoms with Crippen LogP contribution in [-0.4, -0.2) is 103 Å². The van der Waals surface area contributed by atoms with Crippen molar-refractivity contribution in [3.05, 3.63) is 41.1 Å². The number of nitrogens with zero attached hydrogens (tertiary/aromatic N) is 3. The Balaban J connectivity index is 1.33. The van der Waals surface area contributed by atoms with E-state index in [1.54, 1.807) is 19.9 Å². The van der Waals surface area contributed by atoms with E-state index in [0.29, 0.717) is 57.9 Å². The van der Waals surface area contributed by atoms with Crippen molar-refractivity contribution in [3.8, 4) is 17.4 Å².